The number of anilines is 1. The molecule has 162 valence electrons. The number of aromatic nitrogens is 5. The lowest BCUT2D eigenvalue weighted by Crippen LogP contribution is -2.22. The first-order valence-corrected chi connectivity index (χ1v) is 10.3. The van der Waals surface area contributed by atoms with Crippen molar-refractivity contribution in [3.63, 3.8) is 0 Å². The summed E-state index contributed by atoms with van der Waals surface area (Å²) in [5.74, 6) is 1.00. The minimum atomic E-state index is -0.598. The first kappa shape index (κ1) is 20.9. The van der Waals surface area contributed by atoms with E-state index >= 15 is 0 Å². The molecule has 1 aliphatic heterocycles. The molecule has 1 amide bonds. The summed E-state index contributed by atoms with van der Waals surface area (Å²) in [6.45, 7) is 6.38. The Labute approximate surface area is 180 Å². The minimum Gasteiger partial charge on any atom is -0.477 e. The molecule has 0 spiro atoms. The van der Waals surface area contributed by atoms with Gasteiger partial charge < -0.3 is 19.4 Å². The number of nitrogens with zero attached hydrogens (tertiary/aromatic N) is 5. The largest absolute Gasteiger partial charge is 0.477 e. The first-order chi connectivity index (χ1) is 14.9. The van der Waals surface area contributed by atoms with Crippen LogP contribution in [0, 0.1) is 0 Å². The molecule has 3 aromatic heterocycles. The van der Waals surface area contributed by atoms with Crippen molar-refractivity contribution in [1.82, 2.24) is 24.7 Å². The number of amides is 1. The fraction of sp³-hybridized carbons (Fsp3) is 0.409. The number of nitrogens with one attached hydrogen (secondary N) is 1. The van der Waals surface area contributed by atoms with E-state index in [0.717, 1.165) is 18.4 Å². The third-order valence-corrected chi connectivity index (χ3v) is 5.57. The molecule has 4 rings (SSSR count). The number of rotatable bonds is 2. The first-order valence-electron chi connectivity index (χ1n) is 10.3. The molecule has 0 aliphatic carbocycles. The Hall–Kier alpha value is -3.33. The fourth-order valence-corrected chi connectivity index (χ4v) is 3.42. The lowest BCUT2D eigenvalue weighted by atomic mass is 9.98. The van der Waals surface area contributed by atoms with Gasteiger partial charge in [-0.2, -0.15) is 0 Å². The van der Waals surface area contributed by atoms with Crippen LogP contribution in [-0.4, -0.2) is 44.4 Å². The zero-order valence-corrected chi connectivity index (χ0v) is 18.1. The summed E-state index contributed by atoms with van der Waals surface area (Å²) in [6.07, 6.45) is 5.01. The van der Waals surface area contributed by atoms with Crippen LogP contribution < -0.4 is 10.1 Å². The predicted octanol–water partition coefficient (Wildman–Crippen LogP) is 3.60. The molecule has 0 fully saturated rings. The highest BCUT2D eigenvalue weighted by molar-refractivity contribution is 6.05. The Morgan fingerprint density at radius 1 is 1.32 bits per heavy atom. The van der Waals surface area contributed by atoms with E-state index in [1.807, 2.05) is 30.5 Å². The van der Waals surface area contributed by atoms with Gasteiger partial charge in [0.1, 0.15) is 23.4 Å². The minimum absolute atomic E-state index is 0.161. The third kappa shape index (κ3) is 4.27. The molecule has 0 radical (unpaired) electrons. The van der Waals surface area contributed by atoms with Crippen molar-refractivity contribution in [3.8, 4) is 17.4 Å². The molecule has 2 bridgehead atoms. The molecule has 31 heavy (non-hydrogen) atoms. The Morgan fingerprint density at radius 2 is 2.16 bits per heavy atom. The standard InChI is InChI=1S/C22H26N6O3/c1-14-7-6-10-31-21-16(11-15(12-23-21)22(2,3)30-4)20(29)26-18-9-5-8-17(25-18)19-27-24-13-28(14)19/h5,8-9,11-14H,6-7,10H2,1-4H3,(H,25,26,29)/t14-/m0/s1. The number of ether oxygens (including phenoxy) is 2. The van der Waals surface area contributed by atoms with Crippen LogP contribution in [-0.2, 0) is 10.3 Å². The molecular weight excluding hydrogens is 396 g/mol. The van der Waals surface area contributed by atoms with E-state index in [2.05, 4.69) is 32.4 Å². The van der Waals surface area contributed by atoms with Crippen LogP contribution >= 0.6 is 0 Å². The van der Waals surface area contributed by atoms with Gasteiger partial charge in [-0.15, -0.1) is 10.2 Å². The van der Waals surface area contributed by atoms with E-state index in [1.165, 1.54) is 0 Å². The second kappa shape index (κ2) is 8.43. The highest BCUT2D eigenvalue weighted by atomic mass is 16.5. The van der Waals surface area contributed by atoms with Gasteiger partial charge in [0.2, 0.25) is 5.88 Å². The van der Waals surface area contributed by atoms with Crippen LogP contribution in [0.25, 0.3) is 11.5 Å². The average Bonchev–Trinajstić information content (AvgIpc) is 3.26. The van der Waals surface area contributed by atoms with Gasteiger partial charge in [0.25, 0.3) is 5.91 Å². The molecule has 1 aliphatic rings. The topological polar surface area (TPSA) is 104 Å². The van der Waals surface area contributed by atoms with Gasteiger partial charge >= 0.3 is 0 Å². The van der Waals surface area contributed by atoms with Gasteiger partial charge in [0.05, 0.1) is 12.2 Å². The van der Waals surface area contributed by atoms with Crippen molar-refractivity contribution in [2.24, 2.45) is 0 Å². The number of carbonyl (C=O) groups is 1. The number of methoxy groups -OCH3 is 1. The van der Waals surface area contributed by atoms with Crippen molar-refractivity contribution in [2.45, 2.75) is 45.3 Å². The fourth-order valence-electron chi connectivity index (χ4n) is 3.42. The predicted molar refractivity (Wildman–Crippen MR) is 115 cm³/mol. The van der Waals surface area contributed by atoms with Gasteiger partial charge in [-0.25, -0.2) is 9.97 Å². The molecule has 0 saturated heterocycles. The SMILES string of the molecule is COC(C)(C)c1cnc2c(c1)C(=O)Nc1cccc(n1)-c1nncn1[C@@H](C)CCCO2. The van der Waals surface area contributed by atoms with E-state index < -0.39 is 5.60 Å². The van der Waals surface area contributed by atoms with Gasteiger partial charge in [-0.3, -0.25) is 4.79 Å². The molecule has 3 aromatic rings. The molecule has 4 heterocycles. The second-order valence-electron chi connectivity index (χ2n) is 8.05. The van der Waals surface area contributed by atoms with Gasteiger partial charge in [0.15, 0.2) is 5.82 Å². The number of carbonyl (C=O) groups excluding carboxylic acids is 1. The summed E-state index contributed by atoms with van der Waals surface area (Å²) in [4.78, 5) is 22.2. The maximum Gasteiger partial charge on any atom is 0.262 e. The maximum atomic E-state index is 13.2. The number of fused-ring (bicyclic) bond motifs is 5. The highest BCUT2D eigenvalue weighted by Crippen LogP contribution is 2.29. The van der Waals surface area contributed by atoms with E-state index in [-0.39, 0.29) is 11.9 Å². The second-order valence-corrected chi connectivity index (χ2v) is 8.05. The van der Waals surface area contributed by atoms with Crippen LogP contribution in [0.2, 0.25) is 0 Å². The van der Waals surface area contributed by atoms with Gasteiger partial charge in [-0.1, -0.05) is 6.07 Å². The highest BCUT2D eigenvalue weighted by Gasteiger charge is 2.25. The van der Waals surface area contributed by atoms with Crippen molar-refractivity contribution in [2.75, 3.05) is 19.0 Å². The van der Waals surface area contributed by atoms with Gasteiger partial charge in [-0.05, 0) is 51.8 Å². The molecule has 0 saturated carbocycles. The molecule has 9 nitrogen and oxygen atoms in total. The van der Waals surface area contributed by atoms with Gasteiger partial charge in [0, 0.05) is 24.9 Å². The van der Waals surface area contributed by atoms with E-state index in [1.54, 1.807) is 31.8 Å². The third-order valence-electron chi connectivity index (χ3n) is 5.57. The van der Waals surface area contributed by atoms with Crippen LogP contribution in [0.15, 0.2) is 36.8 Å². The molecule has 0 unspecified atom stereocenters. The van der Waals surface area contributed by atoms with E-state index in [9.17, 15) is 4.79 Å². The molecule has 0 aromatic carbocycles. The Kier molecular flexibility index (Phi) is 5.69. The van der Waals surface area contributed by atoms with E-state index in [4.69, 9.17) is 9.47 Å². The number of hydrogen-bond donors (Lipinski definition) is 1. The Balaban J connectivity index is 1.76. The number of hydrogen-bond acceptors (Lipinski definition) is 7. The smallest absolute Gasteiger partial charge is 0.262 e. The van der Waals surface area contributed by atoms with Crippen molar-refractivity contribution < 1.29 is 14.3 Å². The quantitative estimate of drug-likeness (QED) is 0.673. The monoisotopic (exact) mass is 422 g/mol. The molecule has 1 atom stereocenters. The average molecular weight is 422 g/mol. The van der Waals surface area contributed by atoms with Crippen LogP contribution in [0.3, 0.4) is 0 Å². The summed E-state index contributed by atoms with van der Waals surface area (Å²) < 4.78 is 13.4. The summed E-state index contributed by atoms with van der Waals surface area (Å²) in [5.41, 5.74) is 1.15. The molecular formula is C22H26N6O3. The van der Waals surface area contributed by atoms with Crippen molar-refractivity contribution in [3.05, 3.63) is 47.9 Å². The maximum absolute atomic E-state index is 13.2. The van der Waals surface area contributed by atoms with Crippen LogP contribution in [0.1, 0.15) is 55.6 Å². The summed E-state index contributed by atoms with van der Waals surface area (Å²) in [6, 6.07) is 7.33. The Bertz CT molecular complexity index is 1090. The summed E-state index contributed by atoms with van der Waals surface area (Å²) in [7, 11) is 1.62. The lowest BCUT2D eigenvalue weighted by molar-refractivity contribution is 0.0188. The lowest BCUT2D eigenvalue weighted by Gasteiger charge is -2.24. The normalized spacial score (nSPS) is 17.0. The van der Waals surface area contributed by atoms with Crippen molar-refractivity contribution >= 4 is 11.7 Å². The molecule has 1 N–H and O–H groups in total. The zero-order chi connectivity index (χ0) is 22.0. The van der Waals surface area contributed by atoms with E-state index in [0.29, 0.717) is 35.4 Å². The number of pyridine rings is 2. The Morgan fingerprint density at radius 3 is 2.97 bits per heavy atom. The summed E-state index contributed by atoms with van der Waals surface area (Å²) >= 11 is 0. The zero-order valence-electron chi connectivity index (χ0n) is 18.1. The van der Waals surface area contributed by atoms with Crippen LogP contribution in [0.5, 0.6) is 5.88 Å². The summed E-state index contributed by atoms with van der Waals surface area (Å²) in [5, 5.41) is 11.1. The van der Waals surface area contributed by atoms with Crippen LogP contribution in [0.4, 0.5) is 5.82 Å². The van der Waals surface area contributed by atoms with Crippen molar-refractivity contribution in [1.29, 1.82) is 0 Å². The molecule has 9 heteroatoms.